The average Bonchev–Trinajstić information content (AvgIpc) is 3.24. The fourth-order valence-corrected chi connectivity index (χ4v) is 3.35. The molecule has 136 valence electrons. The molecule has 27 heavy (non-hydrogen) atoms. The van der Waals surface area contributed by atoms with Gasteiger partial charge in [0.1, 0.15) is 17.2 Å². The molecule has 0 aliphatic carbocycles. The Balaban J connectivity index is 1.69. The monoisotopic (exact) mass is 365 g/mol. The number of H-pyrrole nitrogens is 1. The molecule has 0 spiro atoms. The van der Waals surface area contributed by atoms with E-state index in [4.69, 9.17) is 4.74 Å². The number of hydrogen-bond donors (Lipinski definition) is 2. The summed E-state index contributed by atoms with van der Waals surface area (Å²) in [4.78, 5) is 11.7. The molecule has 0 bridgehead atoms. The summed E-state index contributed by atoms with van der Waals surface area (Å²) in [5.74, 6) is -0.395. The maximum atomic E-state index is 13.3. The van der Waals surface area contributed by atoms with Gasteiger partial charge in [-0.15, -0.1) is 0 Å². The van der Waals surface area contributed by atoms with Crippen LogP contribution in [0.3, 0.4) is 0 Å². The highest BCUT2D eigenvalue weighted by Gasteiger charge is 2.39. The molecule has 1 aliphatic rings. The predicted octanol–water partition coefficient (Wildman–Crippen LogP) is 2.38. The highest BCUT2D eigenvalue weighted by Crippen LogP contribution is 2.37. The van der Waals surface area contributed by atoms with Crippen molar-refractivity contribution >= 4 is 11.0 Å². The summed E-state index contributed by atoms with van der Waals surface area (Å²) in [5, 5.41) is 15.9. The largest absolute Gasteiger partial charge is 0.379 e. The lowest BCUT2D eigenvalue weighted by Gasteiger charge is -2.35. The molecule has 1 fully saturated rings. The van der Waals surface area contributed by atoms with E-state index in [2.05, 4.69) is 20.1 Å². The van der Waals surface area contributed by atoms with Crippen LogP contribution in [0, 0.1) is 5.82 Å². The molecule has 8 heteroatoms. The van der Waals surface area contributed by atoms with Crippen LogP contribution < -0.4 is 0 Å². The van der Waals surface area contributed by atoms with Gasteiger partial charge in [-0.2, -0.15) is 5.10 Å². The lowest BCUT2D eigenvalue weighted by molar-refractivity contribution is -0.186. The lowest BCUT2D eigenvalue weighted by Crippen LogP contribution is -2.46. The van der Waals surface area contributed by atoms with Crippen LogP contribution in [0.5, 0.6) is 0 Å². The number of ether oxygens (including phenoxy) is 1. The van der Waals surface area contributed by atoms with Gasteiger partial charge < -0.3 is 14.8 Å². The van der Waals surface area contributed by atoms with Crippen molar-refractivity contribution in [1.82, 2.24) is 24.7 Å². The topological polar surface area (TPSA) is 88.9 Å². The molecule has 0 saturated carbocycles. The normalized spacial score (nSPS) is 15.8. The summed E-state index contributed by atoms with van der Waals surface area (Å²) in [5.41, 5.74) is 3.33. The van der Waals surface area contributed by atoms with Crippen LogP contribution in [0.15, 0.2) is 42.9 Å². The van der Waals surface area contributed by atoms with Gasteiger partial charge in [-0.25, -0.2) is 9.37 Å². The molecular formula is C19H16FN5O2. The Morgan fingerprint density at radius 3 is 2.78 bits per heavy atom. The lowest BCUT2D eigenvalue weighted by atomic mass is 9.97. The first-order valence-corrected chi connectivity index (χ1v) is 8.48. The van der Waals surface area contributed by atoms with Crippen LogP contribution >= 0.6 is 0 Å². The zero-order valence-corrected chi connectivity index (χ0v) is 14.5. The first kappa shape index (κ1) is 16.1. The van der Waals surface area contributed by atoms with Crippen molar-refractivity contribution < 1.29 is 14.2 Å². The standard InChI is InChI=1S/C19H16FN5O2/c1-25-8-14(17(24-25)15-3-2-11(20)7-22-15)12-4-5-21-18-13(12)6-16(23-18)19(26)9-27-10-19/h2-8,26H,9-10H2,1H3,(H,21,23). The highest BCUT2D eigenvalue weighted by atomic mass is 19.1. The van der Waals surface area contributed by atoms with Gasteiger partial charge >= 0.3 is 0 Å². The summed E-state index contributed by atoms with van der Waals surface area (Å²) >= 11 is 0. The van der Waals surface area contributed by atoms with Gasteiger partial charge in [0.2, 0.25) is 0 Å². The van der Waals surface area contributed by atoms with Crippen LogP contribution in [0.4, 0.5) is 4.39 Å². The van der Waals surface area contributed by atoms with E-state index in [1.165, 1.54) is 12.3 Å². The Kier molecular flexibility index (Phi) is 3.40. The molecule has 0 amide bonds. The minimum absolute atomic E-state index is 0.257. The van der Waals surface area contributed by atoms with E-state index in [0.717, 1.165) is 16.5 Å². The number of aromatic amines is 1. The molecule has 0 unspecified atom stereocenters. The van der Waals surface area contributed by atoms with E-state index in [1.54, 1.807) is 16.9 Å². The molecule has 4 aromatic rings. The molecule has 0 atom stereocenters. The Bertz CT molecular complexity index is 1140. The number of aromatic nitrogens is 5. The van der Waals surface area contributed by atoms with E-state index in [0.29, 0.717) is 22.7 Å². The SMILES string of the molecule is Cn1cc(-c2ccnc3[nH]c(C4(O)COC4)cc23)c(-c2ccc(F)cn2)n1. The Morgan fingerprint density at radius 2 is 2.07 bits per heavy atom. The number of nitrogens with zero attached hydrogens (tertiary/aromatic N) is 4. The number of halogens is 1. The van der Waals surface area contributed by atoms with E-state index < -0.39 is 11.4 Å². The second-order valence-electron chi connectivity index (χ2n) is 6.75. The van der Waals surface area contributed by atoms with Crippen molar-refractivity contribution in [3.63, 3.8) is 0 Å². The fourth-order valence-electron chi connectivity index (χ4n) is 3.35. The van der Waals surface area contributed by atoms with Gasteiger partial charge in [-0.3, -0.25) is 9.67 Å². The molecule has 0 radical (unpaired) electrons. The van der Waals surface area contributed by atoms with E-state index in [1.807, 2.05) is 25.4 Å². The zero-order valence-electron chi connectivity index (χ0n) is 14.5. The number of rotatable bonds is 3. The summed E-state index contributed by atoms with van der Waals surface area (Å²) in [6.45, 7) is 0.513. The van der Waals surface area contributed by atoms with Crippen LogP contribution in [0.1, 0.15) is 5.69 Å². The molecule has 5 rings (SSSR count). The van der Waals surface area contributed by atoms with Gasteiger partial charge in [-0.05, 0) is 29.8 Å². The summed E-state index contributed by atoms with van der Waals surface area (Å²) in [6.07, 6.45) is 4.77. The van der Waals surface area contributed by atoms with Crippen LogP contribution in [0.25, 0.3) is 33.5 Å². The summed E-state index contributed by atoms with van der Waals surface area (Å²) in [6, 6.07) is 6.76. The Hall–Kier alpha value is -3.10. The second-order valence-corrected chi connectivity index (χ2v) is 6.75. The molecule has 7 nitrogen and oxygen atoms in total. The fraction of sp³-hybridized carbons (Fsp3) is 0.211. The van der Waals surface area contributed by atoms with Crippen LogP contribution in [-0.2, 0) is 17.4 Å². The number of aliphatic hydroxyl groups is 1. The van der Waals surface area contributed by atoms with Gasteiger partial charge in [0.15, 0.2) is 5.60 Å². The predicted molar refractivity (Wildman–Crippen MR) is 96.2 cm³/mol. The maximum absolute atomic E-state index is 13.3. The minimum atomic E-state index is -1.01. The minimum Gasteiger partial charge on any atom is -0.379 e. The first-order chi connectivity index (χ1) is 13.0. The first-order valence-electron chi connectivity index (χ1n) is 8.48. The Labute approximate surface area is 153 Å². The van der Waals surface area contributed by atoms with Crippen molar-refractivity contribution in [3.05, 3.63) is 54.4 Å². The molecule has 2 N–H and O–H groups in total. The number of nitrogens with one attached hydrogen (secondary N) is 1. The van der Waals surface area contributed by atoms with E-state index >= 15 is 0 Å². The number of fused-ring (bicyclic) bond motifs is 1. The third-order valence-electron chi connectivity index (χ3n) is 4.80. The van der Waals surface area contributed by atoms with Gasteiger partial charge in [-0.1, -0.05) is 0 Å². The molecule has 1 aliphatic heterocycles. The summed E-state index contributed by atoms with van der Waals surface area (Å²) < 4.78 is 20.1. The van der Waals surface area contributed by atoms with Crippen molar-refractivity contribution in [2.75, 3.05) is 13.2 Å². The average molecular weight is 365 g/mol. The molecule has 4 aromatic heterocycles. The molecule has 1 saturated heterocycles. The van der Waals surface area contributed by atoms with Crippen molar-refractivity contribution in [3.8, 4) is 22.5 Å². The highest BCUT2D eigenvalue weighted by molar-refractivity contribution is 5.97. The smallest absolute Gasteiger partial charge is 0.151 e. The van der Waals surface area contributed by atoms with Crippen molar-refractivity contribution in [2.24, 2.45) is 7.05 Å². The summed E-state index contributed by atoms with van der Waals surface area (Å²) in [7, 11) is 1.83. The quantitative estimate of drug-likeness (QED) is 0.582. The number of hydrogen-bond acceptors (Lipinski definition) is 5. The second kappa shape index (κ2) is 5.70. The molecule has 5 heterocycles. The van der Waals surface area contributed by atoms with Gasteiger partial charge in [0.25, 0.3) is 0 Å². The third-order valence-corrected chi connectivity index (χ3v) is 4.80. The maximum Gasteiger partial charge on any atom is 0.151 e. The van der Waals surface area contributed by atoms with Crippen molar-refractivity contribution in [1.29, 1.82) is 0 Å². The number of pyridine rings is 2. The molecule has 0 aromatic carbocycles. The van der Waals surface area contributed by atoms with Crippen LogP contribution in [0.2, 0.25) is 0 Å². The van der Waals surface area contributed by atoms with E-state index in [-0.39, 0.29) is 13.2 Å². The molecular weight excluding hydrogens is 349 g/mol. The van der Waals surface area contributed by atoms with E-state index in [9.17, 15) is 9.50 Å². The number of aryl methyl sites for hydroxylation is 1. The van der Waals surface area contributed by atoms with Crippen molar-refractivity contribution in [2.45, 2.75) is 5.60 Å². The van der Waals surface area contributed by atoms with Gasteiger partial charge in [0, 0.05) is 30.4 Å². The zero-order chi connectivity index (χ0) is 18.6. The third kappa shape index (κ3) is 2.53. The van der Waals surface area contributed by atoms with Crippen LogP contribution in [-0.4, -0.2) is 43.1 Å². The Morgan fingerprint density at radius 1 is 1.22 bits per heavy atom. The van der Waals surface area contributed by atoms with Gasteiger partial charge in [0.05, 0.1) is 30.8 Å².